The number of nitrogens with zero attached hydrogens (tertiary/aromatic N) is 3. The van der Waals surface area contributed by atoms with Crippen molar-refractivity contribution in [1.29, 1.82) is 0 Å². The van der Waals surface area contributed by atoms with Gasteiger partial charge in [0.05, 0.1) is 28.8 Å². The van der Waals surface area contributed by atoms with Crippen LogP contribution >= 0.6 is 11.3 Å². The van der Waals surface area contributed by atoms with Crippen LogP contribution in [0.4, 0.5) is 0 Å². The van der Waals surface area contributed by atoms with E-state index in [2.05, 4.69) is 21.7 Å². The SMILES string of the molecule is CCN1CCN(CCc2nc(COC)c(CO)s2)CC1. The molecule has 2 rings (SSSR count). The second-order valence-corrected chi connectivity index (χ2v) is 6.26. The number of ether oxygens (including phenoxy) is 1. The molecule has 2 heterocycles. The summed E-state index contributed by atoms with van der Waals surface area (Å²) in [6.45, 7) is 9.62. The van der Waals surface area contributed by atoms with E-state index < -0.39 is 0 Å². The van der Waals surface area contributed by atoms with Crippen molar-refractivity contribution in [2.24, 2.45) is 0 Å². The molecule has 0 unspecified atom stereocenters. The Labute approximate surface area is 125 Å². The first-order chi connectivity index (χ1) is 9.76. The van der Waals surface area contributed by atoms with Crippen LogP contribution in [0.1, 0.15) is 22.5 Å². The molecule has 0 amide bonds. The van der Waals surface area contributed by atoms with E-state index in [1.807, 2.05) is 0 Å². The highest BCUT2D eigenvalue weighted by atomic mass is 32.1. The highest BCUT2D eigenvalue weighted by Gasteiger charge is 2.16. The van der Waals surface area contributed by atoms with E-state index in [4.69, 9.17) is 4.74 Å². The van der Waals surface area contributed by atoms with Crippen molar-refractivity contribution in [1.82, 2.24) is 14.8 Å². The van der Waals surface area contributed by atoms with E-state index in [9.17, 15) is 5.11 Å². The number of aromatic nitrogens is 1. The summed E-state index contributed by atoms with van der Waals surface area (Å²) < 4.78 is 5.12. The Hall–Kier alpha value is -0.530. The lowest BCUT2D eigenvalue weighted by Gasteiger charge is -2.33. The lowest BCUT2D eigenvalue weighted by atomic mass is 10.3. The average molecular weight is 299 g/mol. The Morgan fingerprint density at radius 2 is 1.95 bits per heavy atom. The predicted molar refractivity (Wildman–Crippen MR) is 81.0 cm³/mol. The molecule has 1 aromatic heterocycles. The second-order valence-electron chi connectivity index (χ2n) is 5.09. The minimum atomic E-state index is 0.0610. The zero-order valence-electron chi connectivity index (χ0n) is 12.5. The maximum absolute atomic E-state index is 9.33. The van der Waals surface area contributed by atoms with Gasteiger partial charge >= 0.3 is 0 Å². The number of aliphatic hydroxyl groups is 1. The lowest BCUT2D eigenvalue weighted by molar-refractivity contribution is 0.138. The molecule has 0 spiro atoms. The molecule has 0 radical (unpaired) electrons. The van der Waals surface area contributed by atoms with E-state index in [1.165, 1.54) is 13.1 Å². The number of hydrogen-bond donors (Lipinski definition) is 1. The van der Waals surface area contributed by atoms with Gasteiger partial charge in [-0.3, -0.25) is 0 Å². The van der Waals surface area contributed by atoms with Crippen LogP contribution in [0.2, 0.25) is 0 Å². The van der Waals surface area contributed by atoms with Crippen LogP contribution in [0.3, 0.4) is 0 Å². The third-order valence-electron chi connectivity index (χ3n) is 3.80. The summed E-state index contributed by atoms with van der Waals surface area (Å²) in [7, 11) is 1.66. The van der Waals surface area contributed by atoms with Crippen LogP contribution < -0.4 is 0 Å². The van der Waals surface area contributed by atoms with Crippen LogP contribution in [0.15, 0.2) is 0 Å². The molecule has 20 heavy (non-hydrogen) atoms. The first kappa shape index (κ1) is 15.9. The van der Waals surface area contributed by atoms with E-state index in [-0.39, 0.29) is 6.61 Å². The van der Waals surface area contributed by atoms with Gasteiger partial charge in [0.2, 0.25) is 0 Å². The van der Waals surface area contributed by atoms with Crippen molar-refractivity contribution in [2.75, 3.05) is 46.4 Å². The van der Waals surface area contributed by atoms with E-state index in [0.29, 0.717) is 6.61 Å². The van der Waals surface area contributed by atoms with Gasteiger partial charge in [-0.25, -0.2) is 4.98 Å². The summed E-state index contributed by atoms with van der Waals surface area (Å²) in [5.74, 6) is 0. The quantitative estimate of drug-likeness (QED) is 0.813. The topological polar surface area (TPSA) is 48.8 Å². The summed E-state index contributed by atoms with van der Waals surface area (Å²) in [6, 6.07) is 0. The number of likely N-dealkylation sites (N-methyl/N-ethyl adjacent to an activating group) is 1. The predicted octanol–water partition coefficient (Wildman–Crippen LogP) is 0.962. The molecule has 5 nitrogen and oxygen atoms in total. The van der Waals surface area contributed by atoms with Gasteiger partial charge in [0.15, 0.2) is 0 Å². The Kier molecular flexibility index (Phi) is 6.38. The maximum Gasteiger partial charge on any atom is 0.0945 e. The number of piperazine rings is 1. The summed E-state index contributed by atoms with van der Waals surface area (Å²) in [5.41, 5.74) is 0.894. The molecule has 0 bridgehead atoms. The van der Waals surface area contributed by atoms with Crippen LogP contribution in [0, 0.1) is 0 Å². The van der Waals surface area contributed by atoms with Gasteiger partial charge in [-0.2, -0.15) is 0 Å². The highest BCUT2D eigenvalue weighted by Crippen LogP contribution is 2.20. The van der Waals surface area contributed by atoms with Gasteiger partial charge in [0.25, 0.3) is 0 Å². The Balaban J connectivity index is 1.82. The molecule has 0 atom stereocenters. The van der Waals surface area contributed by atoms with Gasteiger partial charge in [0.1, 0.15) is 0 Å². The van der Waals surface area contributed by atoms with E-state index >= 15 is 0 Å². The minimum absolute atomic E-state index is 0.0610. The highest BCUT2D eigenvalue weighted by molar-refractivity contribution is 7.11. The maximum atomic E-state index is 9.33. The molecule has 1 aliphatic heterocycles. The standard InChI is InChI=1S/C14H25N3O2S/c1-3-16-6-8-17(9-7-16)5-4-14-15-12(11-19-2)13(10-18)20-14/h18H,3-11H2,1-2H3. The smallest absolute Gasteiger partial charge is 0.0945 e. The summed E-state index contributed by atoms with van der Waals surface area (Å²) in [5, 5.41) is 10.4. The van der Waals surface area contributed by atoms with Crippen LogP contribution in [-0.4, -0.2) is 66.3 Å². The number of aliphatic hydroxyl groups excluding tert-OH is 1. The van der Waals surface area contributed by atoms with Crippen LogP contribution in [0.25, 0.3) is 0 Å². The molecular formula is C14H25N3O2S. The second kappa shape index (κ2) is 8.05. The molecule has 0 saturated carbocycles. The first-order valence-corrected chi connectivity index (χ1v) is 8.10. The van der Waals surface area contributed by atoms with Gasteiger partial charge < -0.3 is 19.6 Å². The fourth-order valence-corrected chi connectivity index (χ4v) is 3.42. The molecule has 1 aliphatic rings. The molecule has 1 N–H and O–H groups in total. The molecule has 0 aliphatic carbocycles. The Bertz CT molecular complexity index is 403. The monoisotopic (exact) mass is 299 g/mol. The van der Waals surface area contributed by atoms with Crippen molar-refractivity contribution >= 4 is 11.3 Å². The molecule has 114 valence electrons. The average Bonchev–Trinajstić information content (AvgIpc) is 2.88. The van der Waals surface area contributed by atoms with Gasteiger partial charge in [-0.1, -0.05) is 6.92 Å². The molecular weight excluding hydrogens is 274 g/mol. The van der Waals surface area contributed by atoms with Crippen molar-refractivity contribution in [3.8, 4) is 0 Å². The number of hydrogen-bond acceptors (Lipinski definition) is 6. The normalized spacial score (nSPS) is 17.8. The number of methoxy groups -OCH3 is 1. The summed E-state index contributed by atoms with van der Waals surface area (Å²) in [4.78, 5) is 10.5. The van der Waals surface area contributed by atoms with E-state index in [0.717, 1.165) is 48.2 Å². The van der Waals surface area contributed by atoms with Crippen molar-refractivity contribution in [2.45, 2.75) is 26.6 Å². The molecule has 0 aromatic carbocycles. The Morgan fingerprint density at radius 1 is 1.25 bits per heavy atom. The van der Waals surface area contributed by atoms with Crippen molar-refractivity contribution in [3.05, 3.63) is 15.6 Å². The van der Waals surface area contributed by atoms with Crippen LogP contribution in [-0.2, 0) is 24.4 Å². The van der Waals surface area contributed by atoms with Gasteiger partial charge in [-0.15, -0.1) is 11.3 Å². The number of thiazole rings is 1. The van der Waals surface area contributed by atoms with Crippen molar-refractivity contribution < 1.29 is 9.84 Å². The largest absolute Gasteiger partial charge is 0.391 e. The summed E-state index contributed by atoms with van der Waals surface area (Å²) in [6.07, 6.45) is 0.966. The van der Waals surface area contributed by atoms with Gasteiger partial charge in [0, 0.05) is 46.3 Å². The molecule has 6 heteroatoms. The zero-order chi connectivity index (χ0) is 14.4. The van der Waals surface area contributed by atoms with Crippen molar-refractivity contribution in [3.63, 3.8) is 0 Å². The van der Waals surface area contributed by atoms with Crippen LogP contribution in [0.5, 0.6) is 0 Å². The third kappa shape index (κ3) is 4.23. The Morgan fingerprint density at radius 3 is 2.55 bits per heavy atom. The molecule has 1 aromatic rings. The van der Waals surface area contributed by atoms with Gasteiger partial charge in [-0.05, 0) is 6.54 Å². The van der Waals surface area contributed by atoms with E-state index in [1.54, 1.807) is 18.4 Å². The lowest BCUT2D eigenvalue weighted by Crippen LogP contribution is -2.46. The minimum Gasteiger partial charge on any atom is -0.391 e. The third-order valence-corrected chi connectivity index (χ3v) is 4.94. The zero-order valence-corrected chi connectivity index (χ0v) is 13.3. The summed E-state index contributed by atoms with van der Waals surface area (Å²) >= 11 is 1.61. The first-order valence-electron chi connectivity index (χ1n) is 7.28. The number of rotatable bonds is 7. The molecule has 1 saturated heterocycles. The molecule has 1 fully saturated rings. The fourth-order valence-electron chi connectivity index (χ4n) is 2.50. The fraction of sp³-hybridized carbons (Fsp3) is 0.786.